The summed E-state index contributed by atoms with van der Waals surface area (Å²) in [6, 6.07) is 11.7. The first kappa shape index (κ1) is 12.6. The average molecular weight is 242 g/mol. The average Bonchev–Trinajstić information content (AvgIpc) is 2.35. The van der Waals surface area contributed by atoms with Crippen molar-refractivity contribution in [2.24, 2.45) is 5.92 Å². The summed E-state index contributed by atoms with van der Waals surface area (Å²) in [5, 5.41) is 2.03. The Kier molecular flexibility index (Phi) is 3.66. The molecule has 0 aliphatic carbocycles. The highest BCUT2D eigenvalue weighted by molar-refractivity contribution is 6.07. The Bertz CT molecular complexity index is 570. The number of ether oxygens (including phenoxy) is 1. The molecular formula is C16H18O2. The Balaban J connectivity index is 2.47. The second-order valence-electron chi connectivity index (χ2n) is 4.95. The predicted octanol–water partition coefficient (Wildman–Crippen LogP) is 4.08. The van der Waals surface area contributed by atoms with Gasteiger partial charge in [0.15, 0.2) is 5.78 Å². The summed E-state index contributed by atoms with van der Waals surface area (Å²) in [5.41, 5.74) is 0.729. The fourth-order valence-corrected chi connectivity index (χ4v) is 1.92. The summed E-state index contributed by atoms with van der Waals surface area (Å²) in [6.07, 6.45) is 0. The number of fused-ring (bicyclic) bond motifs is 1. The molecule has 0 saturated carbocycles. The zero-order valence-corrected chi connectivity index (χ0v) is 11.1. The van der Waals surface area contributed by atoms with Crippen molar-refractivity contribution in [3.63, 3.8) is 0 Å². The number of carbonyl (C=O) groups excluding carboxylic acids is 1. The van der Waals surface area contributed by atoms with E-state index in [-0.39, 0.29) is 5.78 Å². The van der Waals surface area contributed by atoms with Crippen molar-refractivity contribution >= 4 is 16.6 Å². The molecule has 0 atom stereocenters. The van der Waals surface area contributed by atoms with Crippen LogP contribution in [0, 0.1) is 5.92 Å². The summed E-state index contributed by atoms with van der Waals surface area (Å²) in [6.45, 7) is 6.46. The molecule has 2 aromatic carbocycles. The Morgan fingerprint density at radius 2 is 1.94 bits per heavy atom. The maximum atomic E-state index is 11.7. The van der Waals surface area contributed by atoms with Crippen LogP contribution in [-0.4, -0.2) is 12.4 Å². The first-order valence-corrected chi connectivity index (χ1v) is 6.24. The molecular weight excluding hydrogens is 224 g/mol. The van der Waals surface area contributed by atoms with Crippen LogP contribution in [0.3, 0.4) is 0 Å². The quantitative estimate of drug-likeness (QED) is 0.755. The molecule has 0 spiro atoms. The summed E-state index contributed by atoms with van der Waals surface area (Å²) in [4.78, 5) is 11.7. The van der Waals surface area contributed by atoms with Gasteiger partial charge >= 0.3 is 0 Å². The van der Waals surface area contributed by atoms with Crippen LogP contribution in [0.15, 0.2) is 36.4 Å². The van der Waals surface area contributed by atoms with Gasteiger partial charge in [-0.25, -0.2) is 0 Å². The highest BCUT2D eigenvalue weighted by atomic mass is 16.5. The van der Waals surface area contributed by atoms with E-state index in [4.69, 9.17) is 4.74 Å². The third-order valence-corrected chi connectivity index (χ3v) is 2.80. The molecule has 0 unspecified atom stereocenters. The van der Waals surface area contributed by atoms with Crippen LogP contribution < -0.4 is 4.74 Å². The van der Waals surface area contributed by atoms with E-state index in [1.54, 1.807) is 6.92 Å². The van der Waals surface area contributed by atoms with Gasteiger partial charge in [0.05, 0.1) is 6.61 Å². The van der Waals surface area contributed by atoms with Crippen LogP contribution in [0.4, 0.5) is 0 Å². The lowest BCUT2D eigenvalue weighted by Gasteiger charge is -2.11. The molecule has 0 radical (unpaired) electrons. The van der Waals surface area contributed by atoms with E-state index in [0.717, 1.165) is 22.1 Å². The van der Waals surface area contributed by atoms with Gasteiger partial charge in [-0.05, 0) is 35.7 Å². The van der Waals surface area contributed by atoms with E-state index < -0.39 is 0 Å². The predicted molar refractivity (Wildman–Crippen MR) is 74.3 cm³/mol. The number of ketones is 1. The molecule has 0 fully saturated rings. The van der Waals surface area contributed by atoms with Crippen molar-refractivity contribution in [1.82, 2.24) is 0 Å². The molecule has 2 rings (SSSR count). The lowest BCUT2D eigenvalue weighted by molar-refractivity contribution is 0.101. The molecule has 18 heavy (non-hydrogen) atoms. The van der Waals surface area contributed by atoms with Gasteiger partial charge in [0.1, 0.15) is 5.75 Å². The third kappa shape index (κ3) is 2.70. The lowest BCUT2D eigenvalue weighted by atomic mass is 10.0. The van der Waals surface area contributed by atoms with E-state index >= 15 is 0 Å². The fraction of sp³-hybridized carbons (Fsp3) is 0.312. The van der Waals surface area contributed by atoms with Gasteiger partial charge in [-0.3, -0.25) is 4.79 Å². The van der Waals surface area contributed by atoms with Gasteiger partial charge in [-0.1, -0.05) is 38.1 Å². The van der Waals surface area contributed by atoms with Gasteiger partial charge in [0.2, 0.25) is 0 Å². The smallest absolute Gasteiger partial charge is 0.160 e. The lowest BCUT2D eigenvalue weighted by Crippen LogP contribution is -2.05. The molecule has 2 aromatic rings. The fourth-order valence-electron chi connectivity index (χ4n) is 1.92. The second-order valence-corrected chi connectivity index (χ2v) is 4.95. The zero-order valence-electron chi connectivity index (χ0n) is 11.1. The molecule has 0 N–H and O–H groups in total. The van der Waals surface area contributed by atoms with Gasteiger partial charge in [0, 0.05) is 5.56 Å². The van der Waals surface area contributed by atoms with E-state index in [1.165, 1.54) is 0 Å². The highest BCUT2D eigenvalue weighted by Gasteiger charge is 2.08. The summed E-state index contributed by atoms with van der Waals surface area (Å²) < 4.78 is 5.71. The summed E-state index contributed by atoms with van der Waals surface area (Å²) >= 11 is 0. The molecule has 0 heterocycles. The summed E-state index contributed by atoms with van der Waals surface area (Å²) in [7, 11) is 0. The number of carbonyl (C=O) groups is 1. The third-order valence-electron chi connectivity index (χ3n) is 2.80. The van der Waals surface area contributed by atoms with Crippen LogP contribution in [0.5, 0.6) is 5.75 Å². The minimum absolute atomic E-state index is 0.0706. The van der Waals surface area contributed by atoms with Crippen molar-refractivity contribution in [3.05, 3.63) is 42.0 Å². The van der Waals surface area contributed by atoms with Crippen LogP contribution in [0.25, 0.3) is 10.8 Å². The normalized spacial score (nSPS) is 10.9. The Hall–Kier alpha value is -1.83. The van der Waals surface area contributed by atoms with E-state index in [9.17, 15) is 4.79 Å². The molecule has 0 aromatic heterocycles. The van der Waals surface area contributed by atoms with Gasteiger partial charge in [-0.15, -0.1) is 0 Å². The van der Waals surface area contributed by atoms with Crippen molar-refractivity contribution in [3.8, 4) is 5.75 Å². The molecule has 0 aliphatic heterocycles. The van der Waals surface area contributed by atoms with Gasteiger partial charge < -0.3 is 4.74 Å². The van der Waals surface area contributed by atoms with E-state index in [0.29, 0.717) is 12.5 Å². The molecule has 94 valence electrons. The van der Waals surface area contributed by atoms with E-state index in [2.05, 4.69) is 13.8 Å². The highest BCUT2D eigenvalue weighted by Crippen LogP contribution is 2.26. The largest absolute Gasteiger partial charge is 0.493 e. The number of hydrogen-bond acceptors (Lipinski definition) is 2. The van der Waals surface area contributed by atoms with E-state index in [1.807, 2.05) is 36.4 Å². The molecule has 0 aliphatic rings. The first-order valence-electron chi connectivity index (χ1n) is 6.24. The number of hydrogen-bond donors (Lipinski definition) is 0. The van der Waals surface area contributed by atoms with Crippen molar-refractivity contribution < 1.29 is 9.53 Å². The van der Waals surface area contributed by atoms with Crippen LogP contribution >= 0.6 is 0 Å². The van der Waals surface area contributed by atoms with Gasteiger partial charge in [-0.2, -0.15) is 0 Å². The van der Waals surface area contributed by atoms with Gasteiger partial charge in [0.25, 0.3) is 0 Å². The summed E-state index contributed by atoms with van der Waals surface area (Å²) in [5.74, 6) is 1.31. The molecule has 0 saturated heterocycles. The Morgan fingerprint density at radius 3 is 2.61 bits per heavy atom. The molecule has 2 heteroatoms. The molecule has 0 bridgehead atoms. The van der Waals surface area contributed by atoms with Crippen molar-refractivity contribution in [2.45, 2.75) is 20.8 Å². The number of rotatable bonds is 4. The topological polar surface area (TPSA) is 26.3 Å². The Morgan fingerprint density at radius 1 is 1.22 bits per heavy atom. The zero-order chi connectivity index (χ0) is 13.1. The van der Waals surface area contributed by atoms with Crippen LogP contribution in [0.2, 0.25) is 0 Å². The minimum atomic E-state index is 0.0706. The number of Topliss-reactive ketones (excluding diaryl/α,β-unsaturated/α-hetero) is 1. The maximum absolute atomic E-state index is 11.7. The van der Waals surface area contributed by atoms with Crippen LogP contribution in [-0.2, 0) is 0 Å². The van der Waals surface area contributed by atoms with Crippen molar-refractivity contribution in [1.29, 1.82) is 0 Å². The molecule has 2 nitrogen and oxygen atoms in total. The SMILES string of the molecule is CC(=O)c1cc(OCC(C)C)cc2ccccc12. The minimum Gasteiger partial charge on any atom is -0.493 e. The standard InChI is InChI=1S/C16H18O2/c1-11(2)10-18-14-8-13-6-4-5-7-15(13)16(9-14)12(3)17/h4-9,11H,10H2,1-3H3. The van der Waals surface area contributed by atoms with Crippen molar-refractivity contribution in [2.75, 3.05) is 6.61 Å². The Labute approximate surface area is 108 Å². The second kappa shape index (κ2) is 5.21. The maximum Gasteiger partial charge on any atom is 0.160 e. The first-order chi connectivity index (χ1) is 8.58. The molecule has 0 amide bonds. The number of benzene rings is 2. The van der Waals surface area contributed by atoms with Crippen LogP contribution in [0.1, 0.15) is 31.1 Å². The monoisotopic (exact) mass is 242 g/mol.